The van der Waals surface area contributed by atoms with Crippen molar-refractivity contribution in [2.24, 2.45) is 5.10 Å². The van der Waals surface area contributed by atoms with E-state index in [0.29, 0.717) is 51.0 Å². The number of aryl methyl sites for hydroxylation is 2. The number of aromatic nitrogens is 1. The predicted molar refractivity (Wildman–Crippen MR) is 159 cm³/mol. The van der Waals surface area contributed by atoms with E-state index in [4.69, 9.17) is 4.74 Å². The Morgan fingerprint density at radius 3 is 2.60 bits per heavy atom. The number of phenolic OH excluding ortho intramolecular Hbond substituents is 3. The first-order chi connectivity index (χ1) is 20.4. The smallest absolute Gasteiger partial charge is 0.508 e. The van der Waals surface area contributed by atoms with Crippen LogP contribution in [0.3, 0.4) is 0 Å². The lowest BCUT2D eigenvalue weighted by molar-refractivity contribution is -0.363. The van der Waals surface area contributed by atoms with Crippen LogP contribution in [-0.2, 0) is 4.79 Å². The van der Waals surface area contributed by atoms with Crippen molar-refractivity contribution in [3.8, 4) is 23.0 Å². The number of aromatic hydroxyl groups is 3. The Bertz CT molecular complexity index is 1840. The maximum Gasteiger partial charge on any atom is 0.737 e. The average Bonchev–Trinajstić information content (AvgIpc) is 3.43. The molecule has 12 heteroatoms. The highest BCUT2D eigenvalue weighted by Gasteiger charge is 2.54. The monoisotopic (exact) mass is 588 g/mol. The number of amides is 1. The number of hydrogen-bond acceptors (Lipinski definition) is 6. The SMILES string of the molecule is CC1=CC(C)=[N+]2C1=C(CCC(=O)N/N=C1\CC(c3ccc(O)c(O)c3)Oc3cc(O)ccc31)c1c(C)cc(C)n1[B-]2(F)F. The van der Waals surface area contributed by atoms with Crippen LogP contribution in [0, 0.1) is 13.8 Å². The van der Waals surface area contributed by atoms with E-state index in [1.165, 1.54) is 24.3 Å². The molecule has 3 aromatic rings. The highest BCUT2D eigenvalue weighted by molar-refractivity contribution is 6.58. The molecular formula is C31H31BF2N4O5. The van der Waals surface area contributed by atoms with Gasteiger partial charge in [0.15, 0.2) is 17.2 Å². The summed E-state index contributed by atoms with van der Waals surface area (Å²) in [6.45, 7) is 2.87. The largest absolute Gasteiger partial charge is 0.737 e. The van der Waals surface area contributed by atoms with Crippen LogP contribution in [-0.4, -0.2) is 48.6 Å². The summed E-state index contributed by atoms with van der Waals surface area (Å²) in [6.07, 6.45) is 1.59. The van der Waals surface area contributed by atoms with Gasteiger partial charge in [0.05, 0.1) is 5.71 Å². The Hall–Kier alpha value is -4.87. The molecule has 0 fully saturated rings. The van der Waals surface area contributed by atoms with Gasteiger partial charge in [-0.15, -0.1) is 0 Å². The van der Waals surface area contributed by atoms with Crippen molar-refractivity contribution in [2.45, 2.75) is 53.1 Å². The van der Waals surface area contributed by atoms with E-state index in [-0.39, 0.29) is 36.5 Å². The molecule has 4 heterocycles. The Balaban J connectivity index is 1.27. The van der Waals surface area contributed by atoms with Gasteiger partial charge in [-0.1, -0.05) is 6.07 Å². The van der Waals surface area contributed by atoms with Crippen molar-refractivity contribution in [3.05, 3.63) is 87.9 Å². The normalized spacial score (nSPS) is 19.5. The minimum Gasteiger partial charge on any atom is -0.508 e. The second-order valence-corrected chi connectivity index (χ2v) is 11.3. The lowest BCUT2D eigenvalue weighted by Gasteiger charge is -2.34. The van der Waals surface area contributed by atoms with Crippen LogP contribution >= 0.6 is 0 Å². The Morgan fingerprint density at radius 1 is 1.09 bits per heavy atom. The van der Waals surface area contributed by atoms with E-state index in [1.807, 2.05) is 13.8 Å². The molecule has 6 rings (SSSR count). The first kappa shape index (κ1) is 28.3. The lowest BCUT2D eigenvalue weighted by Crippen LogP contribution is -2.51. The van der Waals surface area contributed by atoms with Gasteiger partial charge in [0.2, 0.25) is 5.91 Å². The number of hydrazone groups is 1. The molecule has 0 spiro atoms. The molecule has 43 heavy (non-hydrogen) atoms. The van der Waals surface area contributed by atoms with E-state index in [2.05, 4.69) is 10.5 Å². The Labute approximate surface area is 246 Å². The predicted octanol–water partition coefficient (Wildman–Crippen LogP) is 5.43. The Morgan fingerprint density at radius 2 is 1.86 bits per heavy atom. The highest BCUT2D eigenvalue weighted by atomic mass is 19.2. The van der Waals surface area contributed by atoms with E-state index in [1.54, 1.807) is 38.1 Å². The van der Waals surface area contributed by atoms with Crippen LogP contribution < -0.4 is 10.2 Å². The molecule has 2 aromatic carbocycles. The highest BCUT2D eigenvalue weighted by Crippen LogP contribution is 2.43. The lowest BCUT2D eigenvalue weighted by atomic mass is 9.84. The summed E-state index contributed by atoms with van der Waals surface area (Å²) in [5.41, 5.74) is 8.22. The standard InChI is InChI=1S/C31H31BF2N4O5/c1-16-11-18(3)37-30(16)23(31-17(2)12-19(4)38(31)32(37,33)34)8-10-29(42)36-35-24-15-27(20-5-9-25(40)26(41)13-20)43-28-14-21(39)6-7-22(24)28/h5-7,9,11-14,27,39-41H,8,10,15H2,1-4H3,(H,36,42)/b35-24+. The van der Waals surface area contributed by atoms with E-state index >= 15 is 8.63 Å². The van der Waals surface area contributed by atoms with Gasteiger partial charge in [-0.25, -0.2) is 5.43 Å². The first-order valence-corrected chi connectivity index (χ1v) is 14.0. The molecule has 1 atom stereocenters. The number of rotatable bonds is 5. The summed E-state index contributed by atoms with van der Waals surface area (Å²) in [7, 11) is 0. The summed E-state index contributed by atoms with van der Waals surface area (Å²) < 4.78 is 39.9. The molecule has 9 nitrogen and oxygen atoms in total. The number of nitrogens with one attached hydrogen (secondary N) is 1. The second-order valence-electron chi connectivity index (χ2n) is 11.3. The third kappa shape index (κ3) is 4.66. The van der Waals surface area contributed by atoms with Crippen LogP contribution in [0.1, 0.15) is 67.3 Å². The molecule has 1 aromatic heterocycles. The van der Waals surface area contributed by atoms with Gasteiger partial charge in [0.25, 0.3) is 0 Å². The zero-order valence-corrected chi connectivity index (χ0v) is 24.2. The minimum atomic E-state index is -4.08. The Kier molecular flexibility index (Phi) is 6.67. The van der Waals surface area contributed by atoms with Crippen LogP contribution in [0.15, 0.2) is 64.9 Å². The fourth-order valence-electron chi connectivity index (χ4n) is 6.45. The molecule has 1 unspecified atom stereocenters. The van der Waals surface area contributed by atoms with E-state index in [0.717, 1.165) is 20.1 Å². The zero-order chi connectivity index (χ0) is 30.8. The number of allylic oxidation sites excluding steroid dienone is 3. The fourth-order valence-corrected chi connectivity index (χ4v) is 6.45. The van der Waals surface area contributed by atoms with Crippen LogP contribution in [0.5, 0.6) is 23.0 Å². The van der Waals surface area contributed by atoms with Crippen LogP contribution in [0.4, 0.5) is 8.63 Å². The molecule has 1 amide bonds. The summed E-state index contributed by atoms with van der Waals surface area (Å²) in [4.78, 5) is 13.1. The topological polar surface area (TPSA) is 119 Å². The van der Waals surface area contributed by atoms with Gasteiger partial charge < -0.3 is 37.7 Å². The molecule has 0 radical (unpaired) electrons. The maximum atomic E-state index is 15.8. The van der Waals surface area contributed by atoms with Gasteiger partial charge in [-0.2, -0.15) is 5.10 Å². The number of hydrogen-bond donors (Lipinski definition) is 4. The van der Waals surface area contributed by atoms with Gasteiger partial charge in [0.1, 0.15) is 23.3 Å². The number of ether oxygens (including phenoxy) is 1. The summed E-state index contributed by atoms with van der Waals surface area (Å²) in [5, 5.41) is 34.1. The summed E-state index contributed by atoms with van der Waals surface area (Å²) >= 11 is 0. The van der Waals surface area contributed by atoms with Gasteiger partial charge in [-0.05, 0) is 74.3 Å². The number of carbonyl (C=O) groups excluding carboxylic acids is 1. The molecule has 3 aliphatic heterocycles. The van der Waals surface area contributed by atoms with E-state index in [9.17, 15) is 20.1 Å². The molecule has 0 saturated heterocycles. The third-order valence-electron chi connectivity index (χ3n) is 8.25. The number of phenols is 3. The van der Waals surface area contributed by atoms with Crippen molar-refractivity contribution in [2.75, 3.05) is 0 Å². The molecule has 0 saturated carbocycles. The average molecular weight is 588 g/mol. The summed E-state index contributed by atoms with van der Waals surface area (Å²) in [5.74, 6) is -0.640. The van der Waals surface area contributed by atoms with Crippen molar-refractivity contribution in [1.82, 2.24) is 9.90 Å². The minimum absolute atomic E-state index is 0.00617. The zero-order valence-electron chi connectivity index (χ0n) is 24.2. The number of fused-ring (bicyclic) bond motifs is 3. The third-order valence-corrected chi connectivity index (χ3v) is 8.25. The molecule has 4 N–H and O–H groups in total. The van der Waals surface area contributed by atoms with E-state index < -0.39 is 19.0 Å². The summed E-state index contributed by atoms with van der Waals surface area (Å²) in [6, 6.07) is 10.7. The number of benzene rings is 2. The van der Waals surface area contributed by atoms with Crippen molar-refractivity contribution >= 4 is 29.9 Å². The molecule has 3 aliphatic rings. The van der Waals surface area contributed by atoms with Gasteiger partial charge in [0, 0.05) is 54.3 Å². The molecule has 222 valence electrons. The molecule has 0 aliphatic carbocycles. The maximum absolute atomic E-state index is 15.8. The first-order valence-electron chi connectivity index (χ1n) is 14.0. The van der Waals surface area contributed by atoms with Crippen LogP contribution in [0.25, 0.3) is 5.57 Å². The number of carbonyl (C=O) groups is 1. The van der Waals surface area contributed by atoms with Crippen molar-refractivity contribution in [3.63, 3.8) is 0 Å². The van der Waals surface area contributed by atoms with Gasteiger partial charge in [-0.3, -0.25) is 4.79 Å². The number of nitrogens with zero attached hydrogens (tertiary/aromatic N) is 3. The second kappa shape index (κ2) is 10.1. The van der Waals surface area contributed by atoms with Crippen molar-refractivity contribution < 1.29 is 38.0 Å². The van der Waals surface area contributed by atoms with Crippen LogP contribution in [0.2, 0.25) is 0 Å². The molecule has 0 bridgehead atoms. The fraction of sp³-hybridized carbons (Fsp3) is 0.258. The van der Waals surface area contributed by atoms with Crippen molar-refractivity contribution in [1.29, 1.82) is 0 Å². The molecular weight excluding hydrogens is 557 g/mol. The van der Waals surface area contributed by atoms with Gasteiger partial charge >= 0.3 is 6.97 Å². The quantitative estimate of drug-likeness (QED) is 0.180. The number of halogens is 2.